The number of hydrogen-bond acceptors (Lipinski definition) is 3. The molecule has 0 aromatic heterocycles. The van der Waals surface area contributed by atoms with Crippen LogP contribution in [-0.4, -0.2) is 26.2 Å². The molecule has 1 fully saturated rings. The zero-order valence-electron chi connectivity index (χ0n) is 10.1. The van der Waals surface area contributed by atoms with Gasteiger partial charge in [-0.3, -0.25) is 0 Å². The van der Waals surface area contributed by atoms with Crippen molar-refractivity contribution in [1.29, 1.82) is 0 Å². The number of benzene rings is 1. The second-order valence-electron chi connectivity index (χ2n) is 4.77. The van der Waals surface area contributed by atoms with Gasteiger partial charge in [0, 0.05) is 30.9 Å². The summed E-state index contributed by atoms with van der Waals surface area (Å²) >= 11 is 0. The van der Waals surface area contributed by atoms with E-state index in [1.54, 1.807) is 7.11 Å². The topological polar surface area (TPSA) is 38.5 Å². The number of hydrogen-bond donors (Lipinski definition) is 1. The molecule has 1 saturated carbocycles. The first-order valence-electron chi connectivity index (χ1n) is 5.77. The Bertz CT molecular complexity index is 361. The van der Waals surface area contributed by atoms with Gasteiger partial charge < -0.3 is 15.4 Å². The van der Waals surface area contributed by atoms with E-state index in [1.807, 2.05) is 18.2 Å². The van der Waals surface area contributed by atoms with Crippen LogP contribution in [0.5, 0.6) is 5.75 Å². The van der Waals surface area contributed by atoms with Gasteiger partial charge in [0.2, 0.25) is 0 Å². The van der Waals surface area contributed by atoms with Gasteiger partial charge in [0.15, 0.2) is 0 Å². The van der Waals surface area contributed by atoms with Gasteiger partial charge in [0.25, 0.3) is 0 Å². The van der Waals surface area contributed by atoms with E-state index in [1.165, 1.54) is 6.42 Å². The largest absolute Gasteiger partial charge is 0.497 e. The highest BCUT2D eigenvalue weighted by molar-refractivity contribution is 5.50. The maximum atomic E-state index is 6.24. The first-order valence-corrected chi connectivity index (χ1v) is 5.77. The highest BCUT2D eigenvalue weighted by atomic mass is 16.5. The minimum absolute atomic E-state index is 0.0256. The van der Waals surface area contributed by atoms with Gasteiger partial charge in [-0.05, 0) is 31.4 Å². The maximum absolute atomic E-state index is 6.24. The fraction of sp³-hybridized carbons (Fsp3) is 0.538. The van der Waals surface area contributed by atoms with Crippen LogP contribution in [0.1, 0.15) is 19.3 Å². The van der Waals surface area contributed by atoms with Crippen molar-refractivity contribution >= 4 is 5.69 Å². The van der Waals surface area contributed by atoms with Crippen molar-refractivity contribution in [3.8, 4) is 5.75 Å². The lowest BCUT2D eigenvalue weighted by atomic mass is 9.77. The molecule has 0 heterocycles. The molecule has 16 heavy (non-hydrogen) atoms. The number of anilines is 1. The standard InChI is InChI=1S/C13H20N2O/c1-15(10-13(14)7-4-8-13)11-5-3-6-12(9-11)16-2/h3,5-6,9H,4,7-8,10,14H2,1-2H3. The summed E-state index contributed by atoms with van der Waals surface area (Å²) in [6.07, 6.45) is 3.55. The highest BCUT2D eigenvalue weighted by Crippen LogP contribution is 2.31. The number of nitrogens with two attached hydrogens (primary N) is 1. The molecule has 0 bridgehead atoms. The van der Waals surface area contributed by atoms with Gasteiger partial charge in [-0.2, -0.15) is 0 Å². The summed E-state index contributed by atoms with van der Waals surface area (Å²) in [5.41, 5.74) is 7.43. The summed E-state index contributed by atoms with van der Waals surface area (Å²) < 4.78 is 5.22. The van der Waals surface area contributed by atoms with E-state index in [0.29, 0.717) is 0 Å². The van der Waals surface area contributed by atoms with Crippen LogP contribution in [0.2, 0.25) is 0 Å². The summed E-state index contributed by atoms with van der Waals surface area (Å²) in [5, 5.41) is 0. The molecule has 0 saturated heterocycles. The lowest BCUT2D eigenvalue weighted by Gasteiger charge is -2.41. The van der Waals surface area contributed by atoms with E-state index in [0.717, 1.165) is 30.8 Å². The predicted octanol–water partition coefficient (Wildman–Crippen LogP) is 2.01. The number of methoxy groups -OCH3 is 1. The minimum Gasteiger partial charge on any atom is -0.497 e. The quantitative estimate of drug-likeness (QED) is 0.843. The fourth-order valence-corrected chi connectivity index (χ4v) is 2.20. The van der Waals surface area contributed by atoms with E-state index in [2.05, 4.69) is 18.0 Å². The van der Waals surface area contributed by atoms with Crippen LogP contribution < -0.4 is 15.4 Å². The number of likely N-dealkylation sites (N-methyl/N-ethyl adjacent to an activating group) is 1. The average Bonchev–Trinajstić information content (AvgIpc) is 2.27. The summed E-state index contributed by atoms with van der Waals surface area (Å²) in [6, 6.07) is 8.10. The SMILES string of the molecule is COc1cccc(N(C)CC2(N)CCC2)c1. The molecule has 2 N–H and O–H groups in total. The predicted molar refractivity (Wildman–Crippen MR) is 67.0 cm³/mol. The van der Waals surface area contributed by atoms with Crippen molar-refractivity contribution in [2.75, 3.05) is 25.6 Å². The first-order chi connectivity index (χ1) is 7.63. The zero-order valence-corrected chi connectivity index (χ0v) is 10.1. The normalized spacial score (nSPS) is 17.7. The summed E-state index contributed by atoms with van der Waals surface area (Å²) in [4.78, 5) is 2.21. The van der Waals surface area contributed by atoms with Crippen LogP contribution in [0.4, 0.5) is 5.69 Å². The van der Waals surface area contributed by atoms with Gasteiger partial charge in [-0.15, -0.1) is 0 Å². The van der Waals surface area contributed by atoms with Crippen LogP contribution in [-0.2, 0) is 0 Å². The van der Waals surface area contributed by atoms with E-state index in [4.69, 9.17) is 10.5 Å². The fourth-order valence-electron chi connectivity index (χ4n) is 2.20. The zero-order chi connectivity index (χ0) is 11.6. The number of nitrogens with zero attached hydrogens (tertiary/aromatic N) is 1. The van der Waals surface area contributed by atoms with Crippen molar-refractivity contribution in [2.45, 2.75) is 24.8 Å². The maximum Gasteiger partial charge on any atom is 0.120 e. The van der Waals surface area contributed by atoms with E-state index < -0.39 is 0 Å². The van der Waals surface area contributed by atoms with Gasteiger partial charge in [0.1, 0.15) is 5.75 Å². The molecule has 0 radical (unpaired) electrons. The van der Waals surface area contributed by atoms with Gasteiger partial charge in [0.05, 0.1) is 7.11 Å². The van der Waals surface area contributed by atoms with Gasteiger partial charge >= 0.3 is 0 Å². The smallest absolute Gasteiger partial charge is 0.120 e. The Kier molecular flexibility index (Phi) is 3.06. The molecular formula is C13H20N2O. The molecule has 1 aromatic rings. The molecule has 1 aliphatic carbocycles. The van der Waals surface area contributed by atoms with Crippen LogP contribution in [0.25, 0.3) is 0 Å². The van der Waals surface area contributed by atoms with Gasteiger partial charge in [-0.1, -0.05) is 6.07 Å². The van der Waals surface area contributed by atoms with Crippen molar-refractivity contribution in [1.82, 2.24) is 0 Å². The molecule has 0 unspecified atom stereocenters. The summed E-state index contributed by atoms with van der Waals surface area (Å²) in [7, 11) is 3.77. The molecule has 3 heteroatoms. The lowest BCUT2D eigenvalue weighted by Crippen LogP contribution is -2.54. The molecule has 88 valence electrons. The van der Waals surface area contributed by atoms with E-state index in [-0.39, 0.29) is 5.54 Å². The van der Waals surface area contributed by atoms with Crippen LogP contribution in [0.15, 0.2) is 24.3 Å². The highest BCUT2D eigenvalue weighted by Gasteiger charge is 2.33. The third kappa shape index (κ3) is 2.30. The van der Waals surface area contributed by atoms with Crippen molar-refractivity contribution in [3.05, 3.63) is 24.3 Å². The molecular weight excluding hydrogens is 200 g/mol. The molecule has 1 aromatic carbocycles. The third-order valence-corrected chi connectivity index (χ3v) is 3.40. The third-order valence-electron chi connectivity index (χ3n) is 3.40. The summed E-state index contributed by atoms with van der Waals surface area (Å²) in [6.45, 7) is 0.917. The van der Waals surface area contributed by atoms with Crippen molar-refractivity contribution < 1.29 is 4.74 Å². The first kappa shape index (κ1) is 11.3. The molecule has 2 rings (SSSR count). The van der Waals surface area contributed by atoms with E-state index >= 15 is 0 Å². The molecule has 1 aliphatic rings. The second-order valence-corrected chi connectivity index (χ2v) is 4.77. The Morgan fingerprint density at radius 2 is 2.19 bits per heavy atom. The Labute approximate surface area is 97.2 Å². The average molecular weight is 220 g/mol. The van der Waals surface area contributed by atoms with Crippen molar-refractivity contribution in [2.24, 2.45) is 5.73 Å². The molecule has 3 nitrogen and oxygen atoms in total. The van der Waals surface area contributed by atoms with E-state index in [9.17, 15) is 0 Å². The minimum atomic E-state index is 0.0256. The van der Waals surface area contributed by atoms with Crippen LogP contribution >= 0.6 is 0 Å². The summed E-state index contributed by atoms with van der Waals surface area (Å²) in [5.74, 6) is 0.893. The van der Waals surface area contributed by atoms with Crippen LogP contribution in [0, 0.1) is 0 Å². The van der Waals surface area contributed by atoms with Gasteiger partial charge in [-0.25, -0.2) is 0 Å². The Hall–Kier alpha value is -1.22. The Morgan fingerprint density at radius 3 is 2.75 bits per heavy atom. The lowest BCUT2D eigenvalue weighted by molar-refractivity contribution is 0.255. The molecule has 0 amide bonds. The van der Waals surface area contributed by atoms with Crippen molar-refractivity contribution in [3.63, 3.8) is 0 Å². The number of ether oxygens (including phenoxy) is 1. The molecule has 0 atom stereocenters. The Morgan fingerprint density at radius 1 is 1.44 bits per heavy atom. The molecule has 0 aliphatic heterocycles. The number of rotatable bonds is 4. The molecule has 0 spiro atoms. The van der Waals surface area contributed by atoms with Crippen LogP contribution in [0.3, 0.4) is 0 Å². The monoisotopic (exact) mass is 220 g/mol. The Balaban J connectivity index is 2.04. The second kappa shape index (κ2) is 4.34.